The van der Waals surface area contributed by atoms with E-state index in [2.05, 4.69) is 10.1 Å². The fraction of sp³-hybridized carbons (Fsp3) is 0.529. The van der Waals surface area contributed by atoms with Crippen LogP contribution in [0.1, 0.15) is 58.5 Å². The van der Waals surface area contributed by atoms with Crippen molar-refractivity contribution < 1.29 is 9.63 Å². The molecule has 24 heavy (non-hydrogen) atoms. The Balaban J connectivity index is 2.69. The van der Waals surface area contributed by atoms with Crippen molar-refractivity contribution in [2.75, 3.05) is 0 Å². The summed E-state index contributed by atoms with van der Waals surface area (Å²) in [5.74, 6) is 0.498. The number of alkyl halides is 3. The quantitative estimate of drug-likeness (QED) is 0.618. The summed E-state index contributed by atoms with van der Waals surface area (Å²) in [5, 5.41) is 14.5. The second-order valence-electron chi connectivity index (χ2n) is 7.84. The number of hydrogen-bond donors (Lipinski definition) is 1. The van der Waals surface area contributed by atoms with Crippen LogP contribution in [0, 0.1) is 0 Å². The third kappa shape index (κ3) is 3.98. The molecule has 1 aromatic heterocycles. The fourth-order valence-electron chi connectivity index (χ4n) is 2.36. The maximum atomic E-state index is 10.7. The average molecular weight is 392 g/mol. The van der Waals surface area contributed by atoms with Gasteiger partial charge in [0.25, 0.3) is 9.68 Å². The highest BCUT2D eigenvalue weighted by molar-refractivity contribution is 6.66. The minimum Gasteiger partial charge on any atom is -0.507 e. The highest BCUT2D eigenvalue weighted by Crippen LogP contribution is 2.42. The first-order valence-corrected chi connectivity index (χ1v) is 8.64. The van der Waals surface area contributed by atoms with E-state index in [9.17, 15) is 5.11 Å². The van der Waals surface area contributed by atoms with Gasteiger partial charge in [0.05, 0.1) is 0 Å². The second-order valence-corrected chi connectivity index (χ2v) is 10.1. The molecule has 0 atom stereocenters. The summed E-state index contributed by atoms with van der Waals surface area (Å²) in [5.41, 5.74) is 1.73. The number of halogens is 3. The molecule has 0 bridgehead atoms. The molecule has 0 radical (unpaired) electrons. The molecule has 0 saturated carbocycles. The maximum absolute atomic E-state index is 10.7. The molecule has 0 spiro atoms. The van der Waals surface area contributed by atoms with Crippen molar-refractivity contribution in [3.05, 3.63) is 29.1 Å². The number of hydrogen-bond acceptors (Lipinski definition) is 4. The molecule has 0 amide bonds. The zero-order chi connectivity index (χ0) is 18.5. The van der Waals surface area contributed by atoms with Gasteiger partial charge < -0.3 is 9.63 Å². The maximum Gasteiger partial charge on any atom is 0.258 e. The third-order valence-corrected chi connectivity index (χ3v) is 4.16. The topological polar surface area (TPSA) is 59.2 Å². The van der Waals surface area contributed by atoms with Gasteiger partial charge in [0.2, 0.25) is 5.82 Å². The summed E-state index contributed by atoms with van der Waals surface area (Å²) in [7, 11) is 0. The van der Waals surface area contributed by atoms with Gasteiger partial charge in [0, 0.05) is 16.7 Å². The lowest BCUT2D eigenvalue weighted by Gasteiger charge is -2.27. The van der Waals surface area contributed by atoms with Crippen LogP contribution in [0.25, 0.3) is 11.5 Å². The summed E-state index contributed by atoms with van der Waals surface area (Å²) < 4.78 is 3.50. The largest absolute Gasteiger partial charge is 0.507 e. The molecule has 7 heteroatoms. The molecule has 132 valence electrons. The summed E-state index contributed by atoms with van der Waals surface area (Å²) >= 11 is 17.4. The van der Waals surface area contributed by atoms with E-state index in [1.54, 1.807) is 0 Å². The summed E-state index contributed by atoms with van der Waals surface area (Å²) in [6.45, 7) is 12.2. The Morgan fingerprint density at radius 1 is 0.917 bits per heavy atom. The summed E-state index contributed by atoms with van der Waals surface area (Å²) in [6.07, 6.45) is 0. The number of aromatic hydroxyl groups is 1. The van der Waals surface area contributed by atoms with Crippen LogP contribution < -0.4 is 0 Å². The molecule has 4 nitrogen and oxygen atoms in total. The van der Waals surface area contributed by atoms with Gasteiger partial charge >= 0.3 is 0 Å². The zero-order valence-corrected chi connectivity index (χ0v) is 16.8. The fourth-order valence-corrected chi connectivity index (χ4v) is 2.59. The molecule has 0 aliphatic carbocycles. The molecule has 0 aliphatic rings. The molecule has 2 aromatic rings. The van der Waals surface area contributed by atoms with Crippen molar-refractivity contribution in [1.82, 2.24) is 10.1 Å². The molecule has 0 aliphatic heterocycles. The monoisotopic (exact) mass is 390 g/mol. The van der Waals surface area contributed by atoms with E-state index in [0.717, 1.165) is 11.1 Å². The van der Waals surface area contributed by atoms with Gasteiger partial charge in [-0.25, -0.2) is 0 Å². The Kier molecular flexibility index (Phi) is 4.90. The van der Waals surface area contributed by atoms with Crippen LogP contribution in [0.15, 0.2) is 16.7 Å². The number of phenolic OH excluding ortho intramolecular Hbond substituents is 1. The van der Waals surface area contributed by atoms with Crippen LogP contribution in [0.4, 0.5) is 0 Å². The smallest absolute Gasteiger partial charge is 0.258 e. The van der Waals surface area contributed by atoms with Gasteiger partial charge in [0.15, 0.2) is 0 Å². The Labute approximate surface area is 157 Å². The van der Waals surface area contributed by atoms with E-state index >= 15 is 0 Å². The molecule has 1 heterocycles. The van der Waals surface area contributed by atoms with Crippen LogP contribution in [0.3, 0.4) is 0 Å². The predicted molar refractivity (Wildman–Crippen MR) is 98.0 cm³/mol. The minimum absolute atomic E-state index is 0.0230. The first-order valence-electron chi connectivity index (χ1n) is 7.50. The third-order valence-electron chi connectivity index (χ3n) is 3.65. The van der Waals surface area contributed by atoms with Gasteiger partial charge in [-0.2, -0.15) is 4.98 Å². The van der Waals surface area contributed by atoms with Crippen molar-refractivity contribution >= 4 is 34.8 Å². The summed E-state index contributed by atoms with van der Waals surface area (Å²) in [4.78, 5) is 4.17. The highest BCUT2D eigenvalue weighted by Gasteiger charge is 2.31. The molecule has 0 fully saturated rings. The second kappa shape index (κ2) is 6.08. The highest BCUT2D eigenvalue weighted by atomic mass is 35.6. The molecular formula is C17H21Cl3N2O2. The number of benzene rings is 1. The van der Waals surface area contributed by atoms with E-state index in [-0.39, 0.29) is 28.3 Å². The Hall–Kier alpha value is -0.970. The lowest BCUT2D eigenvalue weighted by Crippen LogP contribution is -2.17. The lowest BCUT2D eigenvalue weighted by atomic mass is 9.78. The van der Waals surface area contributed by atoms with E-state index in [4.69, 9.17) is 39.3 Å². The van der Waals surface area contributed by atoms with Gasteiger partial charge in [0.1, 0.15) is 5.75 Å². The standard InChI is InChI=1S/C17H21Cl3N2O2/c1-15(2,3)10-7-9(8-11(12(10)23)16(4,5)6)13-21-14(22-24-13)17(18,19)20/h7-8,23H,1-6H3. The van der Waals surface area contributed by atoms with Gasteiger partial charge in [-0.15, -0.1) is 0 Å². The van der Waals surface area contributed by atoms with Crippen LogP contribution in [0.5, 0.6) is 5.75 Å². The van der Waals surface area contributed by atoms with Crippen LogP contribution in [-0.2, 0) is 14.6 Å². The molecule has 1 N–H and O–H groups in total. The van der Waals surface area contributed by atoms with Crippen molar-refractivity contribution in [2.24, 2.45) is 0 Å². The van der Waals surface area contributed by atoms with E-state index in [1.165, 1.54) is 0 Å². The lowest BCUT2D eigenvalue weighted by molar-refractivity contribution is 0.417. The van der Waals surface area contributed by atoms with Crippen molar-refractivity contribution in [3.8, 4) is 17.2 Å². The summed E-state index contributed by atoms with van der Waals surface area (Å²) in [6, 6.07) is 3.67. The Morgan fingerprint density at radius 3 is 1.71 bits per heavy atom. The number of phenols is 1. The van der Waals surface area contributed by atoms with E-state index in [0.29, 0.717) is 5.56 Å². The number of aromatic nitrogens is 2. The SMILES string of the molecule is CC(C)(C)c1cc(-c2nc(C(Cl)(Cl)Cl)no2)cc(C(C)(C)C)c1O. The predicted octanol–water partition coefficient (Wildman–Crippen LogP) is 5.86. The Bertz CT molecular complexity index is 715. The molecular weight excluding hydrogens is 371 g/mol. The van der Waals surface area contributed by atoms with Gasteiger partial charge in [-0.1, -0.05) is 81.5 Å². The molecule has 2 rings (SSSR count). The molecule has 1 aromatic carbocycles. The normalized spacial score (nSPS) is 13.4. The van der Waals surface area contributed by atoms with E-state index in [1.807, 2.05) is 53.7 Å². The van der Waals surface area contributed by atoms with Crippen molar-refractivity contribution in [3.63, 3.8) is 0 Å². The number of nitrogens with zero attached hydrogens (tertiary/aromatic N) is 2. The van der Waals surface area contributed by atoms with Crippen molar-refractivity contribution in [2.45, 2.75) is 56.2 Å². The van der Waals surface area contributed by atoms with Crippen LogP contribution >= 0.6 is 34.8 Å². The van der Waals surface area contributed by atoms with Gasteiger partial charge in [-0.3, -0.25) is 0 Å². The molecule has 0 saturated heterocycles. The Morgan fingerprint density at radius 2 is 1.38 bits per heavy atom. The first kappa shape index (κ1) is 19.4. The van der Waals surface area contributed by atoms with Crippen molar-refractivity contribution in [1.29, 1.82) is 0 Å². The first-order chi connectivity index (χ1) is 10.7. The van der Waals surface area contributed by atoms with Gasteiger partial charge in [-0.05, 0) is 23.0 Å². The minimum atomic E-state index is -1.75. The zero-order valence-electron chi connectivity index (χ0n) is 14.5. The van der Waals surface area contributed by atoms with Crippen LogP contribution in [-0.4, -0.2) is 15.2 Å². The van der Waals surface area contributed by atoms with E-state index < -0.39 is 3.79 Å². The average Bonchev–Trinajstić information content (AvgIpc) is 2.85. The number of rotatable bonds is 1. The van der Waals surface area contributed by atoms with Crippen LogP contribution in [0.2, 0.25) is 0 Å². The molecule has 0 unspecified atom stereocenters.